The smallest absolute Gasteiger partial charge is 0.408 e. The molecule has 2 heterocycles. The summed E-state index contributed by atoms with van der Waals surface area (Å²) in [5.41, 5.74) is 6.34. The third-order valence-electron chi connectivity index (χ3n) is 6.13. The first kappa shape index (κ1) is 26.7. The van der Waals surface area contributed by atoms with Crippen LogP contribution in [0.3, 0.4) is 0 Å². The molecule has 1 amide bonds. The van der Waals surface area contributed by atoms with Gasteiger partial charge in [0.15, 0.2) is 5.78 Å². The average molecular weight is 488 g/mol. The fourth-order valence-electron chi connectivity index (χ4n) is 4.68. The number of aryl methyl sites for hydroxylation is 1. The predicted octanol–water partition coefficient (Wildman–Crippen LogP) is 3.49. The number of hydrogen-bond donors (Lipinski definition) is 4. The maximum absolute atomic E-state index is 14.2. The minimum absolute atomic E-state index is 0.113. The fraction of sp³-hybridized carbons (Fsp3) is 0.577. The van der Waals surface area contributed by atoms with Crippen molar-refractivity contribution in [1.29, 1.82) is 0 Å². The quantitative estimate of drug-likeness (QED) is 0.377. The van der Waals surface area contributed by atoms with Gasteiger partial charge in [-0.05, 0) is 65.6 Å². The zero-order valence-corrected chi connectivity index (χ0v) is 20.8. The number of nitrogens with one attached hydrogen (secondary N) is 2. The van der Waals surface area contributed by atoms with Gasteiger partial charge in [-0.2, -0.15) is 0 Å². The summed E-state index contributed by atoms with van der Waals surface area (Å²) in [7, 11) is 0. The normalized spacial score (nSPS) is 17.8. The van der Waals surface area contributed by atoms with Crippen molar-refractivity contribution in [3.63, 3.8) is 0 Å². The van der Waals surface area contributed by atoms with Gasteiger partial charge in [0.1, 0.15) is 16.9 Å². The fourth-order valence-corrected chi connectivity index (χ4v) is 4.68. The number of carboxylic acid groups (broad SMARTS) is 1. The van der Waals surface area contributed by atoms with Crippen molar-refractivity contribution in [3.8, 4) is 0 Å². The first-order valence-electron chi connectivity index (χ1n) is 12.3. The molecule has 35 heavy (non-hydrogen) atoms. The van der Waals surface area contributed by atoms with Crippen molar-refractivity contribution in [1.82, 2.24) is 10.6 Å². The van der Waals surface area contributed by atoms with Crippen LogP contribution in [0.15, 0.2) is 28.7 Å². The van der Waals surface area contributed by atoms with Crippen LogP contribution < -0.4 is 16.4 Å². The highest BCUT2D eigenvalue weighted by Crippen LogP contribution is 2.38. The second-order valence-electron chi connectivity index (χ2n) is 10.0. The molecule has 0 spiro atoms. The molecule has 1 saturated heterocycles. The van der Waals surface area contributed by atoms with E-state index in [1.165, 1.54) is 0 Å². The highest BCUT2D eigenvalue weighted by molar-refractivity contribution is 5.98. The molecule has 3 rings (SSSR count). The van der Waals surface area contributed by atoms with E-state index < -0.39 is 29.6 Å². The second-order valence-corrected chi connectivity index (χ2v) is 10.0. The van der Waals surface area contributed by atoms with Crippen molar-refractivity contribution in [2.75, 3.05) is 13.1 Å². The van der Waals surface area contributed by atoms with Crippen LogP contribution in [0.25, 0.3) is 11.0 Å². The first-order valence-corrected chi connectivity index (χ1v) is 12.3. The number of alkyl carbamates (subject to hydrolysis) is 1. The molecule has 1 fully saturated rings. The van der Waals surface area contributed by atoms with E-state index in [9.17, 15) is 19.5 Å². The van der Waals surface area contributed by atoms with Crippen LogP contribution in [0, 0.1) is 0 Å². The molecule has 1 aliphatic rings. The van der Waals surface area contributed by atoms with E-state index in [0.717, 1.165) is 24.8 Å². The van der Waals surface area contributed by atoms with Gasteiger partial charge in [0.25, 0.3) is 0 Å². The number of aliphatic carboxylic acids is 1. The maximum atomic E-state index is 14.2. The molecule has 0 saturated carbocycles. The number of carbonyl (C=O) groups excluding carboxylic acids is 2. The lowest BCUT2D eigenvalue weighted by molar-refractivity contribution is -0.137. The number of carboxylic acids is 1. The number of carbonyl (C=O) groups is 3. The molecule has 0 radical (unpaired) electrons. The number of Topliss-reactive ketones (excluding diaryl/α,β-unsaturated/α-hetero) is 1. The molecular formula is C26H37N3O6. The molecule has 1 aromatic heterocycles. The SMILES string of the molecule is CC(C)(C)OC(=O)NC(CCCN)C(=O)C(c1c(CCC(=O)O)oc2ccccc12)C1CCCN1. The number of fused-ring (bicyclic) bond motifs is 1. The lowest BCUT2D eigenvalue weighted by Gasteiger charge is -2.29. The summed E-state index contributed by atoms with van der Waals surface area (Å²) in [6, 6.07) is 6.46. The molecule has 9 nitrogen and oxygen atoms in total. The Bertz CT molecular complexity index is 1040. The van der Waals surface area contributed by atoms with E-state index in [-0.39, 0.29) is 24.7 Å². The van der Waals surface area contributed by atoms with E-state index in [4.69, 9.17) is 14.9 Å². The molecular weight excluding hydrogens is 450 g/mol. The number of nitrogens with two attached hydrogens (primary N) is 1. The summed E-state index contributed by atoms with van der Waals surface area (Å²) in [5.74, 6) is -1.23. The van der Waals surface area contributed by atoms with Crippen LogP contribution >= 0.6 is 0 Å². The zero-order valence-electron chi connectivity index (χ0n) is 20.8. The highest BCUT2D eigenvalue weighted by atomic mass is 16.6. The molecule has 3 atom stereocenters. The zero-order chi connectivity index (χ0) is 25.6. The summed E-state index contributed by atoms with van der Waals surface area (Å²) < 4.78 is 11.5. The number of ketones is 1. The molecule has 0 bridgehead atoms. The molecule has 9 heteroatoms. The topological polar surface area (TPSA) is 144 Å². The van der Waals surface area contributed by atoms with E-state index in [2.05, 4.69) is 10.6 Å². The Morgan fingerprint density at radius 3 is 2.66 bits per heavy atom. The van der Waals surface area contributed by atoms with Gasteiger partial charge in [0, 0.05) is 23.4 Å². The van der Waals surface area contributed by atoms with Gasteiger partial charge < -0.3 is 30.6 Å². The van der Waals surface area contributed by atoms with E-state index >= 15 is 0 Å². The summed E-state index contributed by atoms with van der Waals surface area (Å²) >= 11 is 0. The molecule has 1 aliphatic heterocycles. The minimum atomic E-state index is -0.939. The van der Waals surface area contributed by atoms with Gasteiger partial charge in [0.2, 0.25) is 0 Å². The monoisotopic (exact) mass is 487 g/mol. The van der Waals surface area contributed by atoms with E-state index in [1.54, 1.807) is 20.8 Å². The van der Waals surface area contributed by atoms with Crippen molar-refractivity contribution in [2.45, 2.75) is 82.9 Å². The first-order chi connectivity index (χ1) is 16.6. The van der Waals surface area contributed by atoms with Gasteiger partial charge in [-0.25, -0.2) is 4.79 Å². The van der Waals surface area contributed by atoms with E-state index in [1.807, 2.05) is 24.3 Å². The molecule has 2 aromatic rings. The van der Waals surface area contributed by atoms with Gasteiger partial charge in [0.05, 0.1) is 18.4 Å². The van der Waals surface area contributed by atoms with Crippen molar-refractivity contribution >= 4 is 28.8 Å². The number of para-hydroxylation sites is 1. The van der Waals surface area contributed by atoms with Gasteiger partial charge in [-0.1, -0.05) is 18.2 Å². The Kier molecular flexibility index (Phi) is 8.91. The molecule has 0 aliphatic carbocycles. The van der Waals surface area contributed by atoms with Gasteiger partial charge in [-0.15, -0.1) is 0 Å². The summed E-state index contributed by atoms with van der Waals surface area (Å²) in [6.07, 6.45) is 2.02. The highest BCUT2D eigenvalue weighted by Gasteiger charge is 2.40. The van der Waals surface area contributed by atoms with Gasteiger partial charge in [-0.3, -0.25) is 9.59 Å². The lowest BCUT2D eigenvalue weighted by atomic mass is 9.81. The Balaban J connectivity index is 2.04. The van der Waals surface area contributed by atoms with Crippen molar-refractivity contribution in [2.24, 2.45) is 5.73 Å². The number of furan rings is 1. The minimum Gasteiger partial charge on any atom is -0.481 e. The van der Waals surface area contributed by atoms with Crippen molar-refractivity contribution < 1.29 is 28.6 Å². The van der Waals surface area contributed by atoms with Crippen molar-refractivity contribution in [3.05, 3.63) is 35.6 Å². The Morgan fingerprint density at radius 1 is 1.29 bits per heavy atom. The third-order valence-corrected chi connectivity index (χ3v) is 6.13. The number of benzene rings is 1. The Morgan fingerprint density at radius 2 is 2.03 bits per heavy atom. The predicted molar refractivity (Wildman–Crippen MR) is 132 cm³/mol. The average Bonchev–Trinajstić information content (AvgIpc) is 3.43. The summed E-state index contributed by atoms with van der Waals surface area (Å²) in [6.45, 7) is 6.45. The summed E-state index contributed by atoms with van der Waals surface area (Å²) in [5, 5.41) is 16.3. The summed E-state index contributed by atoms with van der Waals surface area (Å²) in [4.78, 5) is 38.1. The number of ether oxygens (including phenoxy) is 1. The molecule has 5 N–H and O–H groups in total. The number of amides is 1. The molecule has 1 aromatic carbocycles. The molecule has 192 valence electrons. The van der Waals surface area contributed by atoms with Crippen LogP contribution in [0.5, 0.6) is 0 Å². The Labute approximate surface area is 205 Å². The molecule has 3 unspecified atom stereocenters. The lowest BCUT2D eigenvalue weighted by Crippen LogP contribution is -2.48. The van der Waals surface area contributed by atoms with Crippen LogP contribution in [0.4, 0.5) is 4.79 Å². The maximum Gasteiger partial charge on any atom is 0.408 e. The van der Waals surface area contributed by atoms with Gasteiger partial charge >= 0.3 is 12.1 Å². The van der Waals surface area contributed by atoms with E-state index in [0.29, 0.717) is 36.3 Å². The van der Waals surface area contributed by atoms with Crippen LogP contribution in [0.1, 0.15) is 70.1 Å². The third kappa shape index (κ3) is 7.05. The van der Waals surface area contributed by atoms with Crippen LogP contribution in [-0.4, -0.2) is 53.7 Å². The number of rotatable bonds is 11. The van der Waals surface area contributed by atoms with Crippen LogP contribution in [0.2, 0.25) is 0 Å². The standard InChI is InChI=1S/C26H37N3O6/c1-26(2,3)35-25(33)29-18(9-6-14-27)24(32)23(17-10-7-15-28-17)22-16-8-4-5-11-19(16)34-20(22)12-13-21(30)31/h4-5,8,11,17-18,23,28H,6-7,9-10,12-15,27H2,1-3H3,(H,29,33)(H,30,31). The number of hydrogen-bond acceptors (Lipinski definition) is 7. The largest absolute Gasteiger partial charge is 0.481 e. The van der Waals surface area contributed by atoms with Crippen LogP contribution in [-0.2, 0) is 20.7 Å². The second kappa shape index (κ2) is 11.7. The Hall–Kier alpha value is -2.91.